The third-order valence-corrected chi connectivity index (χ3v) is 4.04. The summed E-state index contributed by atoms with van der Waals surface area (Å²) in [5.41, 5.74) is 2.83. The number of rotatable bonds is 4. The molecular formula is C19H19N3O2. The van der Waals surface area contributed by atoms with E-state index in [1.807, 2.05) is 48.5 Å². The van der Waals surface area contributed by atoms with Gasteiger partial charge in [-0.05, 0) is 29.3 Å². The minimum atomic E-state index is -0.285. The van der Waals surface area contributed by atoms with Crippen molar-refractivity contribution >= 4 is 17.9 Å². The molecule has 0 saturated heterocycles. The summed E-state index contributed by atoms with van der Waals surface area (Å²) >= 11 is 0. The van der Waals surface area contributed by atoms with Crippen LogP contribution in [0.25, 0.3) is 6.08 Å². The van der Waals surface area contributed by atoms with E-state index in [0.29, 0.717) is 6.54 Å². The average molecular weight is 321 g/mol. The second-order valence-corrected chi connectivity index (χ2v) is 5.69. The largest absolute Gasteiger partial charge is 0.350 e. The van der Waals surface area contributed by atoms with E-state index in [2.05, 4.69) is 10.3 Å². The van der Waals surface area contributed by atoms with Crippen LogP contribution >= 0.6 is 0 Å². The topological polar surface area (TPSA) is 62.3 Å². The quantitative estimate of drug-likeness (QED) is 0.942. The number of hydrogen-bond donors (Lipinski definition) is 1. The van der Waals surface area contributed by atoms with Crippen LogP contribution in [-0.2, 0) is 16.1 Å². The van der Waals surface area contributed by atoms with Gasteiger partial charge >= 0.3 is 0 Å². The molecule has 0 radical (unpaired) electrons. The Morgan fingerprint density at radius 1 is 1.17 bits per heavy atom. The van der Waals surface area contributed by atoms with Crippen molar-refractivity contribution < 1.29 is 9.59 Å². The Kier molecular flexibility index (Phi) is 4.70. The van der Waals surface area contributed by atoms with Crippen molar-refractivity contribution in [1.29, 1.82) is 0 Å². The lowest BCUT2D eigenvalue weighted by Crippen LogP contribution is -2.35. The molecule has 0 unspecified atom stereocenters. The van der Waals surface area contributed by atoms with Crippen LogP contribution in [0.1, 0.15) is 36.2 Å². The van der Waals surface area contributed by atoms with Gasteiger partial charge in [-0.3, -0.25) is 14.6 Å². The molecule has 0 spiro atoms. The molecule has 1 aliphatic rings. The van der Waals surface area contributed by atoms with Gasteiger partial charge in [-0.25, -0.2) is 0 Å². The van der Waals surface area contributed by atoms with E-state index in [0.717, 1.165) is 16.8 Å². The van der Waals surface area contributed by atoms with Crippen LogP contribution in [0.4, 0.5) is 0 Å². The van der Waals surface area contributed by atoms with E-state index >= 15 is 0 Å². The number of carbonyl (C=O) groups is 2. The van der Waals surface area contributed by atoms with E-state index < -0.39 is 0 Å². The second-order valence-electron chi connectivity index (χ2n) is 5.69. The van der Waals surface area contributed by atoms with Crippen LogP contribution in [0.2, 0.25) is 0 Å². The SMILES string of the molecule is CC(=O)N1C=Cc2ccccc2[C@@H]1CC(=O)NCc1ccccn1. The summed E-state index contributed by atoms with van der Waals surface area (Å²) in [6.45, 7) is 1.89. The van der Waals surface area contributed by atoms with Gasteiger partial charge in [-0.15, -0.1) is 0 Å². The standard InChI is InChI=1S/C19H19N3O2/c1-14(23)22-11-9-15-6-2-3-8-17(15)18(22)12-19(24)21-13-16-7-4-5-10-20-16/h2-11,18H,12-13H2,1H3,(H,21,24)/t18-/m0/s1. The smallest absolute Gasteiger partial charge is 0.223 e. The molecule has 0 saturated carbocycles. The maximum atomic E-state index is 12.4. The molecule has 0 aliphatic carbocycles. The molecule has 5 nitrogen and oxygen atoms in total. The summed E-state index contributed by atoms with van der Waals surface area (Å²) in [5.74, 6) is -0.190. The first-order chi connectivity index (χ1) is 11.6. The first-order valence-electron chi connectivity index (χ1n) is 7.88. The van der Waals surface area contributed by atoms with Crippen LogP contribution in [0.3, 0.4) is 0 Å². The lowest BCUT2D eigenvalue weighted by Gasteiger charge is -2.32. The monoisotopic (exact) mass is 321 g/mol. The zero-order valence-electron chi connectivity index (χ0n) is 13.5. The van der Waals surface area contributed by atoms with E-state index in [1.165, 1.54) is 6.92 Å². The molecule has 1 aromatic carbocycles. The number of nitrogens with zero attached hydrogens (tertiary/aromatic N) is 2. The van der Waals surface area contributed by atoms with Gasteiger partial charge in [-0.2, -0.15) is 0 Å². The highest BCUT2D eigenvalue weighted by Crippen LogP contribution is 2.32. The zero-order valence-corrected chi connectivity index (χ0v) is 13.5. The van der Waals surface area contributed by atoms with Crippen molar-refractivity contribution in [3.63, 3.8) is 0 Å². The van der Waals surface area contributed by atoms with Crippen molar-refractivity contribution in [2.75, 3.05) is 0 Å². The number of fused-ring (bicyclic) bond motifs is 1. The van der Waals surface area contributed by atoms with Crippen molar-refractivity contribution in [1.82, 2.24) is 15.2 Å². The number of aromatic nitrogens is 1. The number of benzene rings is 1. The second kappa shape index (κ2) is 7.08. The van der Waals surface area contributed by atoms with Gasteiger partial charge in [0.05, 0.1) is 24.7 Å². The molecule has 1 aromatic heterocycles. The number of pyridine rings is 1. The lowest BCUT2D eigenvalue weighted by atomic mass is 9.93. The minimum Gasteiger partial charge on any atom is -0.350 e. The van der Waals surface area contributed by atoms with E-state index in [4.69, 9.17) is 0 Å². The van der Waals surface area contributed by atoms with Gasteiger partial charge in [-0.1, -0.05) is 30.3 Å². The highest BCUT2D eigenvalue weighted by Gasteiger charge is 2.27. The van der Waals surface area contributed by atoms with E-state index in [-0.39, 0.29) is 24.3 Å². The average Bonchev–Trinajstić information content (AvgIpc) is 2.61. The van der Waals surface area contributed by atoms with Crippen LogP contribution in [0.5, 0.6) is 0 Å². The third kappa shape index (κ3) is 3.51. The Labute approximate surface area is 141 Å². The molecule has 0 fully saturated rings. The predicted octanol–water partition coefficient (Wildman–Crippen LogP) is 2.66. The van der Waals surface area contributed by atoms with Gasteiger partial charge in [0.25, 0.3) is 0 Å². The van der Waals surface area contributed by atoms with Crippen LogP contribution in [0, 0.1) is 0 Å². The molecule has 24 heavy (non-hydrogen) atoms. The Morgan fingerprint density at radius 2 is 1.96 bits per heavy atom. The van der Waals surface area contributed by atoms with Gasteiger partial charge in [0, 0.05) is 19.3 Å². The van der Waals surface area contributed by atoms with Gasteiger partial charge < -0.3 is 10.2 Å². The third-order valence-electron chi connectivity index (χ3n) is 4.04. The fraction of sp³-hybridized carbons (Fsp3) is 0.211. The fourth-order valence-corrected chi connectivity index (χ4v) is 2.85. The zero-order chi connectivity index (χ0) is 16.9. The number of carbonyl (C=O) groups excluding carboxylic acids is 2. The molecule has 122 valence electrons. The van der Waals surface area contributed by atoms with Crippen LogP contribution in [-0.4, -0.2) is 21.7 Å². The molecule has 2 aromatic rings. The molecule has 3 rings (SSSR count). The van der Waals surface area contributed by atoms with Crippen molar-refractivity contribution in [3.05, 3.63) is 71.7 Å². The molecule has 5 heteroatoms. The Hall–Kier alpha value is -2.95. The maximum Gasteiger partial charge on any atom is 0.223 e. The molecule has 2 heterocycles. The van der Waals surface area contributed by atoms with Crippen LogP contribution < -0.4 is 5.32 Å². The van der Waals surface area contributed by atoms with Crippen LogP contribution in [0.15, 0.2) is 54.9 Å². The summed E-state index contributed by atoms with van der Waals surface area (Å²) < 4.78 is 0. The predicted molar refractivity (Wildman–Crippen MR) is 91.4 cm³/mol. The van der Waals surface area contributed by atoms with Crippen molar-refractivity contribution in [2.24, 2.45) is 0 Å². The Bertz CT molecular complexity index is 771. The molecule has 2 amide bonds. The lowest BCUT2D eigenvalue weighted by molar-refractivity contribution is -0.130. The number of nitrogens with one attached hydrogen (secondary N) is 1. The molecule has 1 atom stereocenters. The number of amides is 2. The van der Waals surface area contributed by atoms with Crippen molar-refractivity contribution in [3.8, 4) is 0 Å². The van der Waals surface area contributed by atoms with Gasteiger partial charge in [0.15, 0.2) is 0 Å². The summed E-state index contributed by atoms with van der Waals surface area (Å²) in [4.78, 5) is 30.1. The van der Waals surface area contributed by atoms with Gasteiger partial charge in [0.2, 0.25) is 11.8 Å². The summed E-state index contributed by atoms with van der Waals surface area (Å²) in [6.07, 6.45) is 5.56. The maximum absolute atomic E-state index is 12.4. The Balaban J connectivity index is 1.72. The first kappa shape index (κ1) is 15.9. The molecule has 1 N–H and O–H groups in total. The first-order valence-corrected chi connectivity index (χ1v) is 7.88. The fourth-order valence-electron chi connectivity index (χ4n) is 2.85. The molecule has 1 aliphatic heterocycles. The van der Waals surface area contributed by atoms with E-state index in [9.17, 15) is 9.59 Å². The van der Waals surface area contributed by atoms with Gasteiger partial charge in [0.1, 0.15) is 0 Å². The molecule has 0 bridgehead atoms. The normalized spacial score (nSPS) is 15.7. The summed E-state index contributed by atoms with van der Waals surface area (Å²) in [7, 11) is 0. The number of hydrogen-bond acceptors (Lipinski definition) is 3. The molecular weight excluding hydrogens is 302 g/mol. The highest BCUT2D eigenvalue weighted by molar-refractivity contribution is 5.81. The van der Waals surface area contributed by atoms with Crippen molar-refractivity contribution in [2.45, 2.75) is 25.9 Å². The summed E-state index contributed by atoms with van der Waals surface area (Å²) in [5, 5.41) is 2.87. The highest BCUT2D eigenvalue weighted by atomic mass is 16.2. The minimum absolute atomic E-state index is 0.0803. The van der Waals surface area contributed by atoms with E-state index in [1.54, 1.807) is 17.3 Å². The summed E-state index contributed by atoms with van der Waals surface area (Å²) in [6, 6.07) is 13.1. The Morgan fingerprint density at radius 3 is 2.71 bits per heavy atom.